The molecule has 1 N–H and O–H groups in total. The minimum absolute atomic E-state index is 0.114. The fourth-order valence-corrected chi connectivity index (χ4v) is 5.33. The lowest BCUT2D eigenvalue weighted by Gasteiger charge is -2.31. The van der Waals surface area contributed by atoms with Crippen LogP contribution >= 0.6 is 15.9 Å². The molecular weight excluding hydrogens is 468 g/mol. The van der Waals surface area contributed by atoms with Gasteiger partial charge in [-0.2, -0.15) is 4.31 Å². The summed E-state index contributed by atoms with van der Waals surface area (Å²) in [5, 5.41) is 2.98. The number of sulfonamides is 1. The number of ether oxygens (including phenoxy) is 1. The summed E-state index contributed by atoms with van der Waals surface area (Å²) in [5.41, 5.74) is 2.05. The van der Waals surface area contributed by atoms with Crippen LogP contribution < -0.4 is 5.32 Å². The number of rotatable bonds is 8. The molecule has 1 atom stereocenters. The Labute approximate surface area is 186 Å². The molecule has 0 aliphatic carbocycles. The smallest absolute Gasteiger partial charge is 0.243 e. The van der Waals surface area contributed by atoms with Gasteiger partial charge in [-0.15, -0.1) is 0 Å². The Morgan fingerprint density at radius 1 is 1.17 bits per heavy atom. The topological polar surface area (TPSA) is 75.7 Å². The van der Waals surface area contributed by atoms with Crippen LogP contribution in [0.3, 0.4) is 0 Å². The maximum Gasteiger partial charge on any atom is 0.243 e. The van der Waals surface area contributed by atoms with E-state index in [2.05, 4.69) is 21.2 Å². The van der Waals surface area contributed by atoms with Gasteiger partial charge in [-0.1, -0.05) is 40.2 Å². The second kappa shape index (κ2) is 10.5. The average Bonchev–Trinajstić information content (AvgIpc) is 2.77. The number of benzene rings is 2. The van der Waals surface area contributed by atoms with Gasteiger partial charge in [-0.05, 0) is 55.2 Å². The first-order valence-electron chi connectivity index (χ1n) is 10.1. The van der Waals surface area contributed by atoms with Gasteiger partial charge in [0.1, 0.15) is 0 Å². The van der Waals surface area contributed by atoms with Gasteiger partial charge in [0.15, 0.2) is 0 Å². The van der Waals surface area contributed by atoms with Crippen LogP contribution in [0.2, 0.25) is 0 Å². The summed E-state index contributed by atoms with van der Waals surface area (Å²) in [5.74, 6) is -0.472. The monoisotopic (exact) mass is 494 g/mol. The van der Waals surface area contributed by atoms with Crippen molar-refractivity contribution in [2.75, 3.05) is 19.7 Å². The third-order valence-corrected chi connectivity index (χ3v) is 7.65. The average molecular weight is 495 g/mol. The second-order valence-electron chi connectivity index (χ2n) is 7.28. The molecular formula is C22H27BrN2O4S. The summed E-state index contributed by atoms with van der Waals surface area (Å²) in [7, 11) is -3.61. The van der Waals surface area contributed by atoms with Crippen LogP contribution in [0, 0.1) is 5.92 Å². The van der Waals surface area contributed by atoms with Crippen LogP contribution in [0.5, 0.6) is 0 Å². The Hall–Kier alpha value is -1.74. The highest BCUT2D eigenvalue weighted by Gasteiger charge is 2.33. The zero-order valence-corrected chi connectivity index (χ0v) is 19.4. The SMILES string of the molecule is CCOCc1ccccc1CNC(=O)C1CCCN(S(=O)(=O)c2ccc(Br)cc2)C1. The molecule has 8 heteroatoms. The maximum absolute atomic E-state index is 13.0. The quantitative estimate of drug-likeness (QED) is 0.606. The first kappa shape index (κ1) is 22.9. The molecule has 162 valence electrons. The van der Waals surface area contributed by atoms with E-state index in [1.807, 2.05) is 31.2 Å². The van der Waals surface area contributed by atoms with E-state index in [1.54, 1.807) is 24.3 Å². The predicted molar refractivity (Wildman–Crippen MR) is 119 cm³/mol. The van der Waals surface area contributed by atoms with Gasteiger partial charge in [-0.25, -0.2) is 8.42 Å². The number of amides is 1. The molecule has 0 bridgehead atoms. The summed E-state index contributed by atoms with van der Waals surface area (Å²) in [6.45, 7) is 4.11. The van der Waals surface area contributed by atoms with Crippen molar-refractivity contribution in [3.05, 3.63) is 64.1 Å². The number of carbonyl (C=O) groups is 1. The molecule has 1 heterocycles. The fraction of sp³-hybridized carbons (Fsp3) is 0.409. The van der Waals surface area contributed by atoms with Crippen LogP contribution in [0.1, 0.15) is 30.9 Å². The van der Waals surface area contributed by atoms with Gasteiger partial charge in [0, 0.05) is 30.7 Å². The highest BCUT2D eigenvalue weighted by Crippen LogP contribution is 2.25. The van der Waals surface area contributed by atoms with Gasteiger partial charge in [0.2, 0.25) is 15.9 Å². The Morgan fingerprint density at radius 2 is 1.87 bits per heavy atom. The first-order chi connectivity index (χ1) is 14.4. The predicted octanol–water partition coefficient (Wildman–Crippen LogP) is 3.70. The second-order valence-corrected chi connectivity index (χ2v) is 10.1. The zero-order valence-electron chi connectivity index (χ0n) is 17.0. The largest absolute Gasteiger partial charge is 0.377 e. The Morgan fingerprint density at radius 3 is 2.57 bits per heavy atom. The number of hydrogen-bond donors (Lipinski definition) is 1. The van der Waals surface area contributed by atoms with Crippen molar-refractivity contribution < 1.29 is 17.9 Å². The lowest BCUT2D eigenvalue weighted by molar-refractivity contribution is -0.126. The van der Waals surface area contributed by atoms with Crippen molar-refractivity contribution in [1.82, 2.24) is 9.62 Å². The highest BCUT2D eigenvalue weighted by atomic mass is 79.9. The fourth-order valence-electron chi connectivity index (χ4n) is 3.54. The lowest BCUT2D eigenvalue weighted by Crippen LogP contribution is -2.45. The first-order valence-corrected chi connectivity index (χ1v) is 12.3. The minimum Gasteiger partial charge on any atom is -0.377 e. The molecule has 1 saturated heterocycles. The highest BCUT2D eigenvalue weighted by molar-refractivity contribution is 9.10. The zero-order chi connectivity index (χ0) is 21.6. The van der Waals surface area contributed by atoms with Crippen molar-refractivity contribution in [1.29, 1.82) is 0 Å². The third-order valence-electron chi connectivity index (χ3n) is 5.24. The number of nitrogens with one attached hydrogen (secondary N) is 1. The van der Waals surface area contributed by atoms with Crippen molar-refractivity contribution in [2.45, 2.75) is 37.8 Å². The molecule has 3 rings (SSSR count). The van der Waals surface area contributed by atoms with Gasteiger partial charge < -0.3 is 10.1 Å². The van der Waals surface area contributed by atoms with Crippen molar-refractivity contribution in [2.24, 2.45) is 5.92 Å². The third kappa shape index (κ3) is 5.69. The Balaban J connectivity index is 1.63. The van der Waals surface area contributed by atoms with E-state index in [-0.39, 0.29) is 23.3 Å². The van der Waals surface area contributed by atoms with E-state index in [0.29, 0.717) is 39.1 Å². The number of carbonyl (C=O) groups excluding carboxylic acids is 1. The molecule has 1 fully saturated rings. The lowest BCUT2D eigenvalue weighted by atomic mass is 9.98. The van der Waals surface area contributed by atoms with Crippen molar-refractivity contribution in [3.63, 3.8) is 0 Å². The number of hydrogen-bond acceptors (Lipinski definition) is 4. The molecule has 0 saturated carbocycles. The standard InChI is InChI=1S/C22H27BrN2O4S/c1-2-29-16-19-7-4-3-6-17(19)14-24-22(26)18-8-5-13-25(15-18)30(27,28)21-11-9-20(23)10-12-21/h3-4,6-7,9-12,18H,2,5,8,13-16H2,1H3,(H,24,26). The summed E-state index contributed by atoms with van der Waals surface area (Å²) >= 11 is 3.32. The van der Waals surface area contributed by atoms with Crippen molar-refractivity contribution >= 4 is 31.9 Å². The van der Waals surface area contributed by atoms with E-state index in [9.17, 15) is 13.2 Å². The van der Waals surface area contributed by atoms with Crippen LogP contribution in [-0.4, -0.2) is 38.3 Å². The molecule has 30 heavy (non-hydrogen) atoms. The molecule has 2 aromatic carbocycles. The van der Waals surface area contributed by atoms with Crippen LogP contribution in [0.15, 0.2) is 57.9 Å². The number of nitrogens with zero attached hydrogens (tertiary/aromatic N) is 1. The van der Waals surface area contributed by atoms with Crippen molar-refractivity contribution in [3.8, 4) is 0 Å². The Kier molecular flexibility index (Phi) is 8.05. The summed E-state index contributed by atoms with van der Waals surface area (Å²) in [4.78, 5) is 13.0. The maximum atomic E-state index is 13.0. The minimum atomic E-state index is -3.61. The van der Waals surface area contributed by atoms with E-state index >= 15 is 0 Å². The summed E-state index contributed by atoms with van der Waals surface area (Å²) in [6, 6.07) is 14.4. The molecule has 1 aliphatic heterocycles. The van der Waals surface area contributed by atoms with E-state index in [1.165, 1.54) is 4.31 Å². The number of halogens is 1. The van der Waals surface area contributed by atoms with Crippen LogP contribution in [0.25, 0.3) is 0 Å². The molecule has 2 aromatic rings. The van der Waals surface area contributed by atoms with E-state index in [4.69, 9.17) is 4.74 Å². The molecule has 1 aliphatic rings. The molecule has 0 radical (unpaired) electrons. The molecule has 6 nitrogen and oxygen atoms in total. The molecule has 0 spiro atoms. The van der Waals surface area contributed by atoms with E-state index < -0.39 is 10.0 Å². The van der Waals surface area contributed by atoms with Gasteiger partial charge >= 0.3 is 0 Å². The summed E-state index contributed by atoms with van der Waals surface area (Å²) in [6.07, 6.45) is 1.34. The van der Waals surface area contributed by atoms with Gasteiger partial charge in [0.05, 0.1) is 17.4 Å². The molecule has 1 amide bonds. The summed E-state index contributed by atoms with van der Waals surface area (Å²) < 4.78 is 33.7. The van der Waals surface area contributed by atoms with Crippen LogP contribution in [0.4, 0.5) is 0 Å². The van der Waals surface area contributed by atoms with Gasteiger partial charge in [-0.3, -0.25) is 4.79 Å². The molecule has 1 unspecified atom stereocenters. The number of piperidine rings is 1. The Bertz CT molecular complexity index is 963. The van der Waals surface area contributed by atoms with Crippen LogP contribution in [-0.2, 0) is 32.7 Å². The van der Waals surface area contributed by atoms with E-state index in [0.717, 1.165) is 15.6 Å². The molecule has 0 aromatic heterocycles. The van der Waals surface area contributed by atoms with Gasteiger partial charge in [0.25, 0.3) is 0 Å². The normalized spacial score (nSPS) is 17.6.